The van der Waals surface area contributed by atoms with Crippen molar-refractivity contribution < 1.29 is 8.81 Å². The molecule has 4 nitrogen and oxygen atoms in total. The van der Waals surface area contributed by atoms with E-state index in [1.807, 2.05) is 0 Å². The number of nitrogens with zero attached hydrogens (tertiary/aromatic N) is 2. The summed E-state index contributed by atoms with van der Waals surface area (Å²) in [7, 11) is 0. The Morgan fingerprint density at radius 3 is 2.91 bits per heavy atom. The Kier molecular flexibility index (Phi) is 3.47. The first-order valence-corrected chi connectivity index (χ1v) is 7.86. The number of aromatic nitrogens is 1. The van der Waals surface area contributed by atoms with Gasteiger partial charge in [0, 0.05) is 25.2 Å². The molecule has 4 rings (SSSR count). The zero-order valence-electron chi connectivity index (χ0n) is 12.5. The third kappa shape index (κ3) is 2.66. The van der Waals surface area contributed by atoms with E-state index < -0.39 is 0 Å². The molecule has 1 aromatic carbocycles. The van der Waals surface area contributed by atoms with E-state index in [-0.39, 0.29) is 5.82 Å². The average molecular weight is 301 g/mol. The minimum atomic E-state index is -0.247. The van der Waals surface area contributed by atoms with Gasteiger partial charge in [-0.05, 0) is 55.6 Å². The van der Waals surface area contributed by atoms with Gasteiger partial charge in [-0.15, -0.1) is 0 Å². The normalized spacial score (nSPS) is 25.3. The smallest absolute Gasteiger partial charge is 0.226 e. The molecule has 1 aromatic heterocycles. The molecular weight excluding hydrogens is 281 g/mol. The SMILES string of the molecule is Fc1ccc(-c2nc(CN3CCC4(CCNC4)C3)co2)cc1. The topological polar surface area (TPSA) is 41.3 Å². The molecule has 3 heterocycles. The molecule has 2 fully saturated rings. The van der Waals surface area contributed by atoms with Crippen molar-refractivity contribution in [3.8, 4) is 11.5 Å². The molecule has 2 aromatic rings. The zero-order valence-corrected chi connectivity index (χ0v) is 12.5. The van der Waals surface area contributed by atoms with E-state index in [2.05, 4.69) is 15.2 Å². The molecule has 0 radical (unpaired) electrons. The summed E-state index contributed by atoms with van der Waals surface area (Å²) in [5.74, 6) is 0.314. The second-order valence-electron chi connectivity index (χ2n) is 6.54. The zero-order chi connectivity index (χ0) is 15.0. The molecule has 22 heavy (non-hydrogen) atoms. The van der Waals surface area contributed by atoms with Crippen LogP contribution >= 0.6 is 0 Å². The van der Waals surface area contributed by atoms with Crippen molar-refractivity contribution in [2.75, 3.05) is 26.2 Å². The first-order valence-electron chi connectivity index (χ1n) is 7.86. The van der Waals surface area contributed by atoms with Crippen LogP contribution in [0.2, 0.25) is 0 Å². The van der Waals surface area contributed by atoms with Crippen molar-refractivity contribution in [3.63, 3.8) is 0 Å². The predicted octanol–water partition coefficient (Wildman–Crippen LogP) is 2.67. The van der Waals surface area contributed by atoms with E-state index in [0.717, 1.165) is 44.0 Å². The standard InChI is InChI=1S/C17H20FN3O/c18-14-3-1-13(2-4-14)16-20-15(10-22-16)9-21-8-6-17(12-21)5-7-19-11-17/h1-4,10,19H,5-9,11-12H2. The number of benzene rings is 1. The van der Waals surface area contributed by atoms with Crippen molar-refractivity contribution in [2.24, 2.45) is 5.41 Å². The first kappa shape index (κ1) is 13.9. The van der Waals surface area contributed by atoms with Crippen LogP contribution in [0.1, 0.15) is 18.5 Å². The number of hydrogen-bond donors (Lipinski definition) is 1. The summed E-state index contributed by atoms with van der Waals surface area (Å²) in [6.45, 7) is 5.38. The summed E-state index contributed by atoms with van der Waals surface area (Å²) < 4.78 is 18.5. The van der Waals surface area contributed by atoms with E-state index in [1.165, 1.54) is 25.0 Å². The average Bonchev–Trinajstić information content (AvgIpc) is 3.24. The summed E-state index contributed by atoms with van der Waals surface area (Å²) in [6, 6.07) is 6.24. The first-order chi connectivity index (χ1) is 10.7. The summed E-state index contributed by atoms with van der Waals surface area (Å²) >= 11 is 0. The van der Waals surface area contributed by atoms with Gasteiger partial charge in [0.25, 0.3) is 0 Å². The minimum absolute atomic E-state index is 0.247. The van der Waals surface area contributed by atoms with Crippen LogP contribution in [0.15, 0.2) is 34.9 Å². The monoisotopic (exact) mass is 301 g/mol. The van der Waals surface area contributed by atoms with Crippen LogP contribution in [0.4, 0.5) is 4.39 Å². The van der Waals surface area contributed by atoms with Gasteiger partial charge >= 0.3 is 0 Å². The molecule has 1 N–H and O–H groups in total. The van der Waals surface area contributed by atoms with E-state index >= 15 is 0 Å². The fourth-order valence-corrected chi connectivity index (χ4v) is 3.64. The van der Waals surface area contributed by atoms with Gasteiger partial charge in [-0.3, -0.25) is 4.90 Å². The molecule has 5 heteroatoms. The fourth-order valence-electron chi connectivity index (χ4n) is 3.64. The molecular formula is C17H20FN3O. The Labute approximate surface area is 129 Å². The summed E-state index contributed by atoms with van der Waals surface area (Å²) in [5, 5.41) is 3.48. The van der Waals surface area contributed by atoms with Crippen LogP contribution in [0, 0.1) is 11.2 Å². The van der Waals surface area contributed by atoms with E-state index in [0.29, 0.717) is 11.3 Å². The molecule has 2 aliphatic rings. The highest BCUT2D eigenvalue weighted by Crippen LogP contribution is 2.36. The fraction of sp³-hybridized carbons (Fsp3) is 0.471. The van der Waals surface area contributed by atoms with Gasteiger partial charge < -0.3 is 9.73 Å². The second kappa shape index (κ2) is 5.48. The highest BCUT2D eigenvalue weighted by atomic mass is 19.1. The summed E-state index contributed by atoms with van der Waals surface area (Å²) in [4.78, 5) is 7.00. The van der Waals surface area contributed by atoms with Gasteiger partial charge in [0.15, 0.2) is 0 Å². The van der Waals surface area contributed by atoms with Gasteiger partial charge in [-0.1, -0.05) is 0 Å². The van der Waals surface area contributed by atoms with Gasteiger partial charge in [-0.2, -0.15) is 0 Å². The Morgan fingerprint density at radius 2 is 2.14 bits per heavy atom. The van der Waals surface area contributed by atoms with Crippen LogP contribution in [0.5, 0.6) is 0 Å². The maximum atomic E-state index is 13.0. The third-order valence-electron chi connectivity index (χ3n) is 4.88. The van der Waals surface area contributed by atoms with Gasteiger partial charge in [0.05, 0.1) is 5.69 Å². The number of rotatable bonds is 3. The lowest BCUT2D eigenvalue weighted by atomic mass is 9.87. The second-order valence-corrected chi connectivity index (χ2v) is 6.54. The van der Waals surface area contributed by atoms with Crippen molar-refractivity contribution in [1.82, 2.24) is 15.2 Å². The number of oxazole rings is 1. The Hall–Kier alpha value is -1.72. The molecule has 0 aliphatic carbocycles. The Morgan fingerprint density at radius 1 is 1.27 bits per heavy atom. The summed E-state index contributed by atoms with van der Waals surface area (Å²) in [5.41, 5.74) is 2.23. The third-order valence-corrected chi connectivity index (χ3v) is 4.88. The highest BCUT2D eigenvalue weighted by molar-refractivity contribution is 5.52. The molecule has 116 valence electrons. The van der Waals surface area contributed by atoms with Crippen molar-refractivity contribution in [2.45, 2.75) is 19.4 Å². The van der Waals surface area contributed by atoms with Crippen LogP contribution in [-0.2, 0) is 6.54 Å². The molecule has 0 saturated carbocycles. The number of halogens is 1. The van der Waals surface area contributed by atoms with Crippen molar-refractivity contribution >= 4 is 0 Å². The van der Waals surface area contributed by atoms with E-state index in [1.54, 1.807) is 18.4 Å². The number of hydrogen-bond acceptors (Lipinski definition) is 4. The maximum absolute atomic E-state index is 13.0. The number of nitrogens with one attached hydrogen (secondary N) is 1. The molecule has 0 bridgehead atoms. The Bertz CT molecular complexity index is 646. The van der Waals surface area contributed by atoms with E-state index in [4.69, 9.17) is 4.42 Å². The largest absolute Gasteiger partial charge is 0.444 e. The van der Waals surface area contributed by atoms with Gasteiger partial charge in [-0.25, -0.2) is 9.37 Å². The lowest BCUT2D eigenvalue weighted by molar-refractivity contribution is 0.266. The molecule has 2 saturated heterocycles. The highest BCUT2D eigenvalue weighted by Gasteiger charge is 2.40. The molecule has 1 atom stereocenters. The molecule has 1 unspecified atom stereocenters. The number of likely N-dealkylation sites (tertiary alicyclic amines) is 1. The van der Waals surface area contributed by atoms with E-state index in [9.17, 15) is 4.39 Å². The lowest BCUT2D eigenvalue weighted by Crippen LogP contribution is -2.29. The van der Waals surface area contributed by atoms with Crippen molar-refractivity contribution in [1.29, 1.82) is 0 Å². The van der Waals surface area contributed by atoms with Gasteiger partial charge in [0.2, 0.25) is 5.89 Å². The van der Waals surface area contributed by atoms with Crippen molar-refractivity contribution in [3.05, 3.63) is 42.0 Å². The van der Waals surface area contributed by atoms with Gasteiger partial charge in [0.1, 0.15) is 12.1 Å². The Balaban J connectivity index is 1.43. The molecule has 2 aliphatic heterocycles. The quantitative estimate of drug-likeness (QED) is 0.946. The lowest BCUT2D eigenvalue weighted by Gasteiger charge is -2.22. The molecule has 1 spiro atoms. The summed E-state index contributed by atoms with van der Waals surface area (Å²) in [6.07, 6.45) is 4.27. The minimum Gasteiger partial charge on any atom is -0.444 e. The van der Waals surface area contributed by atoms with Crippen LogP contribution < -0.4 is 5.32 Å². The van der Waals surface area contributed by atoms with Crippen LogP contribution in [-0.4, -0.2) is 36.1 Å². The van der Waals surface area contributed by atoms with Crippen LogP contribution in [0.3, 0.4) is 0 Å². The molecule has 0 amide bonds. The predicted molar refractivity (Wildman–Crippen MR) is 81.7 cm³/mol. The maximum Gasteiger partial charge on any atom is 0.226 e. The van der Waals surface area contributed by atoms with Crippen LogP contribution in [0.25, 0.3) is 11.5 Å².